The SMILES string of the molecule is CC(=O)c1cnc(-c2ccccc2)nc1N(C)C.CN(C)c1nc(-c2ccccc2)ncc1C=O. The Hall–Kier alpha value is -4.46. The molecule has 0 unspecified atom stereocenters. The highest BCUT2D eigenvalue weighted by Crippen LogP contribution is 2.21. The summed E-state index contributed by atoms with van der Waals surface area (Å²) in [6, 6.07) is 19.4. The zero-order valence-corrected chi connectivity index (χ0v) is 20.5. The molecule has 178 valence electrons. The minimum Gasteiger partial charge on any atom is -0.362 e. The van der Waals surface area contributed by atoms with Gasteiger partial charge < -0.3 is 9.80 Å². The summed E-state index contributed by atoms with van der Waals surface area (Å²) in [5, 5.41) is 0. The van der Waals surface area contributed by atoms with E-state index in [2.05, 4.69) is 19.9 Å². The predicted octanol–water partition coefficient (Wildman–Crippen LogP) is 4.43. The van der Waals surface area contributed by atoms with Gasteiger partial charge in [-0.3, -0.25) is 9.59 Å². The third-order valence-corrected chi connectivity index (χ3v) is 4.98. The van der Waals surface area contributed by atoms with E-state index in [9.17, 15) is 9.59 Å². The minimum absolute atomic E-state index is 0.0293. The fourth-order valence-electron chi connectivity index (χ4n) is 3.24. The van der Waals surface area contributed by atoms with Crippen molar-refractivity contribution in [3.8, 4) is 22.8 Å². The fourth-order valence-corrected chi connectivity index (χ4v) is 3.24. The summed E-state index contributed by atoms with van der Waals surface area (Å²) in [7, 11) is 7.43. The number of hydrogen-bond donors (Lipinski definition) is 0. The number of carbonyl (C=O) groups is 2. The Morgan fingerprint density at radius 3 is 1.60 bits per heavy atom. The van der Waals surface area contributed by atoms with Crippen molar-refractivity contribution in [1.29, 1.82) is 0 Å². The van der Waals surface area contributed by atoms with E-state index in [1.807, 2.05) is 93.8 Å². The van der Waals surface area contributed by atoms with Crippen molar-refractivity contribution in [3.63, 3.8) is 0 Å². The molecular weight excluding hydrogens is 440 g/mol. The second-order valence-electron chi connectivity index (χ2n) is 8.10. The molecule has 8 nitrogen and oxygen atoms in total. The summed E-state index contributed by atoms with van der Waals surface area (Å²) in [4.78, 5) is 43.3. The van der Waals surface area contributed by atoms with E-state index >= 15 is 0 Å². The summed E-state index contributed by atoms with van der Waals surface area (Å²) in [6.07, 6.45) is 3.91. The predicted molar refractivity (Wildman–Crippen MR) is 139 cm³/mol. The minimum atomic E-state index is -0.0293. The van der Waals surface area contributed by atoms with Crippen LogP contribution in [0.5, 0.6) is 0 Å². The Labute approximate surface area is 205 Å². The standard InChI is InChI=1S/C14H15N3O.C13H13N3O/c1-10(18)12-9-15-13(16-14(12)17(2)3)11-7-5-4-6-8-11;1-16(2)13-11(9-17)8-14-12(15-13)10-6-4-3-5-7-10/h4-9H,1-3H3;3-9H,1-2H3. The van der Waals surface area contributed by atoms with Crippen LogP contribution in [0.3, 0.4) is 0 Å². The quantitative estimate of drug-likeness (QED) is 0.303. The lowest BCUT2D eigenvalue weighted by molar-refractivity contribution is 0.101. The largest absolute Gasteiger partial charge is 0.362 e. The van der Waals surface area contributed by atoms with Crippen molar-refractivity contribution in [2.45, 2.75) is 6.92 Å². The molecule has 2 aromatic carbocycles. The summed E-state index contributed by atoms with van der Waals surface area (Å²) in [5.74, 6) is 2.51. The second kappa shape index (κ2) is 11.6. The zero-order valence-electron chi connectivity index (χ0n) is 20.5. The van der Waals surface area contributed by atoms with Crippen molar-refractivity contribution >= 4 is 23.7 Å². The first-order valence-electron chi connectivity index (χ1n) is 11.0. The topological polar surface area (TPSA) is 92.2 Å². The van der Waals surface area contributed by atoms with Crippen LogP contribution in [0.25, 0.3) is 22.8 Å². The van der Waals surface area contributed by atoms with Crippen molar-refractivity contribution in [1.82, 2.24) is 19.9 Å². The molecule has 0 spiro atoms. The second-order valence-corrected chi connectivity index (χ2v) is 8.10. The highest BCUT2D eigenvalue weighted by Gasteiger charge is 2.13. The third-order valence-electron chi connectivity index (χ3n) is 4.98. The Kier molecular flexibility index (Phi) is 8.34. The molecule has 35 heavy (non-hydrogen) atoms. The molecule has 0 saturated carbocycles. The smallest absolute Gasteiger partial charge is 0.165 e. The monoisotopic (exact) mass is 468 g/mol. The number of benzene rings is 2. The highest BCUT2D eigenvalue weighted by molar-refractivity contribution is 5.98. The average molecular weight is 469 g/mol. The molecule has 8 heteroatoms. The van der Waals surface area contributed by atoms with Crippen LogP contribution < -0.4 is 9.80 Å². The molecule has 0 aliphatic rings. The molecule has 2 heterocycles. The fraction of sp³-hybridized carbons (Fsp3) is 0.185. The molecule has 4 aromatic rings. The summed E-state index contributed by atoms with van der Waals surface area (Å²) in [6.45, 7) is 1.52. The summed E-state index contributed by atoms with van der Waals surface area (Å²) >= 11 is 0. The first-order chi connectivity index (χ1) is 16.8. The van der Waals surface area contributed by atoms with Gasteiger partial charge in [0.05, 0.1) is 11.1 Å². The van der Waals surface area contributed by atoms with Crippen LogP contribution in [0.15, 0.2) is 73.1 Å². The van der Waals surface area contributed by atoms with Gasteiger partial charge in [-0.05, 0) is 6.92 Å². The maximum Gasteiger partial charge on any atom is 0.165 e. The normalized spacial score (nSPS) is 10.1. The maximum atomic E-state index is 11.5. The van der Waals surface area contributed by atoms with Crippen molar-refractivity contribution in [2.24, 2.45) is 0 Å². The maximum absolute atomic E-state index is 11.5. The molecule has 0 atom stereocenters. The number of anilines is 2. The van der Waals surface area contributed by atoms with Crippen LogP contribution in [-0.4, -0.2) is 60.2 Å². The molecule has 0 aliphatic heterocycles. The van der Waals surface area contributed by atoms with Crippen LogP contribution >= 0.6 is 0 Å². The highest BCUT2D eigenvalue weighted by atomic mass is 16.1. The molecular formula is C27H28N6O2. The van der Waals surface area contributed by atoms with Gasteiger partial charge in [-0.15, -0.1) is 0 Å². The van der Waals surface area contributed by atoms with E-state index in [1.165, 1.54) is 6.92 Å². The number of hydrogen-bond acceptors (Lipinski definition) is 8. The number of nitrogens with zero attached hydrogens (tertiary/aromatic N) is 6. The van der Waals surface area contributed by atoms with Gasteiger partial charge >= 0.3 is 0 Å². The molecule has 0 fully saturated rings. The van der Waals surface area contributed by atoms with Gasteiger partial charge in [-0.2, -0.15) is 0 Å². The molecule has 4 rings (SSSR count). The van der Waals surface area contributed by atoms with Gasteiger partial charge in [0.25, 0.3) is 0 Å². The average Bonchev–Trinajstić information content (AvgIpc) is 2.89. The van der Waals surface area contributed by atoms with Crippen LogP contribution in [0.1, 0.15) is 27.6 Å². The third kappa shape index (κ3) is 6.32. The van der Waals surface area contributed by atoms with Crippen molar-refractivity contribution in [3.05, 3.63) is 84.2 Å². The van der Waals surface area contributed by atoms with Crippen LogP contribution in [0.2, 0.25) is 0 Å². The van der Waals surface area contributed by atoms with Gasteiger partial charge in [-0.1, -0.05) is 60.7 Å². The first-order valence-corrected chi connectivity index (χ1v) is 11.0. The van der Waals surface area contributed by atoms with Gasteiger partial charge in [0.15, 0.2) is 23.7 Å². The molecule has 0 bridgehead atoms. The molecule has 0 amide bonds. The summed E-state index contributed by atoms with van der Waals surface area (Å²) < 4.78 is 0. The molecule has 0 aliphatic carbocycles. The van der Waals surface area contributed by atoms with Gasteiger partial charge in [-0.25, -0.2) is 19.9 Å². The lowest BCUT2D eigenvalue weighted by Gasteiger charge is -2.15. The van der Waals surface area contributed by atoms with E-state index in [0.29, 0.717) is 34.4 Å². The van der Waals surface area contributed by atoms with Crippen molar-refractivity contribution in [2.75, 3.05) is 38.0 Å². The Balaban J connectivity index is 0.000000196. The van der Waals surface area contributed by atoms with Crippen LogP contribution in [0, 0.1) is 0 Å². The molecule has 2 aromatic heterocycles. The van der Waals surface area contributed by atoms with Gasteiger partial charge in [0.2, 0.25) is 0 Å². The zero-order chi connectivity index (χ0) is 25.4. The molecule has 0 saturated heterocycles. The van der Waals surface area contributed by atoms with E-state index in [-0.39, 0.29) is 5.78 Å². The number of Topliss-reactive ketones (excluding diaryl/α,β-unsaturated/α-hetero) is 1. The lowest BCUT2D eigenvalue weighted by atomic mass is 10.2. The van der Waals surface area contributed by atoms with E-state index in [0.717, 1.165) is 17.4 Å². The first kappa shape index (κ1) is 25.2. The van der Waals surface area contributed by atoms with E-state index < -0.39 is 0 Å². The Bertz CT molecular complexity index is 1290. The van der Waals surface area contributed by atoms with Gasteiger partial charge in [0, 0.05) is 51.7 Å². The van der Waals surface area contributed by atoms with E-state index in [4.69, 9.17) is 0 Å². The van der Waals surface area contributed by atoms with Crippen LogP contribution in [0.4, 0.5) is 11.6 Å². The Morgan fingerprint density at radius 2 is 1.17 bits per heavy atom. The number of ketones is 1. The Morgan fingerprint density at radius 1 is 0.714 bits per heavy atom. The van der Waals surface area contributed by atoms with E-state index in [1.54, 1.807) is 17.3 Å². The number of rotatable bonds is 6. The number of aromatic nitrogens is 4. The number of aldehydes is 1. The molecule has 0 radical (unpaired) electrons. The van der Waals surface area contributed by atoms with Gasteiger partial charge in [0.1, 0.15) is 11.6 Å². The lowest BCUT2D eigenvalue weighted by Crippen LogP contribution is -2.16. The number of carbonyl (C=O) groups excluding carboxylic acids is 2. The molecule has 0 N–H and O–H groups in total. The van der Waals surface area contributed by atoms with Crippen LogP contribution in [-0.2, 0) is 0 Å². The van der Waals surface area contributed by atoms with Crippen molar-refractivity contribution < 1.29 is 9.59 Å². The summed E-state index contributed by atoms with van der Waals surface area (Å²) in [5.41, 5.74) is 2.91.